The molecule has 4 rings (SSSR count). The van der Waals surface area contributed by atoms with Crippen LogP contribution in [-0.2, 0) is 17.1 Å². The fraction of sp³-hybridized carbons (Fsp3) is 0.364. The average Bonchev–Trinajstić information content (AvgIpc) is 3.33. The van der Waals surface area contributed by atoms with E-state index < -0.39 is 0 Å². The normalized spacial score (nSPS) is 12.9. The van der Waals surface area contributed by atoms with E-state index in [4.69, 9.17) is 5.73 Å². The minimum absolute atomic E-state index is 0. The molecule has 3 aromatic rings. The fourth-order valence-electron chi connectivity index (χ4n) is 4.68. The molecule has 1 radical (unpaired) electrons. The van der Waals surface area contributed by atoms with Crippen LogP contribution in [0.4, 0.5) is 17.1 Å². The summed E-state index contributed by atoms with van der Waals surface area (Å²) in [6, 6.07) is 22.6. The molecule has 0 unspecified atom stereocenters. The summed E-state index contributed by atoms with van der Waals surface area (Å²) in [6.07, 6.45) is 4.43. The summed E-state index contributed by atoms with van der Waals surface area (Å²) < 4.78 is 0. The molecule has 37 heavy (non-hydrogen) atoms. The number of nitrogens with zero attached hydrogens (tertiary/aromatic N) is 2. The number of anilines is 2. The van der Waals surface area contributed by atoms with Gasteiger partial charge in [0.2, 0.25) is 0 Å². The zero-order valence-corrected chi connectivity index (χ0v) is 24.5. The van der Waals surface area contributed by atoms with Crippen LogP contribution in [0.25, 0.3) is 5.73 Å². The molecule has 201 valence electrons. The Morgan fingerprint density at radius 1 is 0.514 bits per heavy atom. The van der Waals surface area contributed by atoms with Crippen LogP contribution >= 0.6 is 0 Å². The maximum Gasteiger partial charge on any atom is 2.00 e. The summed E-state index contributed by atoms with van der Waals surface area (Å²) in [5.74, 6) is 1.92. The molecule has 0 atom stereocenters. The van der Waals surface area contributed by atoms with Gasteiger partial charge in [-0.25, -0.2) is 0 Å². The Kier molecular flexibility index (Phi) is 11.3. The number of hydrogen-bond donors (Lipinski definition) is 0. The zero-order valence-electron chi connectivity index (χ0n) is 23.6. The van der Waals surface area contributed by atoms with Crippen molar-refractivity contribution in [2.24, 2.45) is 0 Å². The number of para-hydroxylation sites is 2. The molecule has 1 aliphatic heterocycles. The molecular formula is C33H43CuN3. The van der Waals surface area contributed by atoms with Crippen molar-refractivity contribution in [3.63, 3.8) is 0 Å². The second kappa shape index (κ2) is 13.7. The standard InChI is InChI=1S/C27H37N2.C6H6N.Cu/c1-18(2)22-11-9-12-23(19(3)4)26(22)28-15-16-29(17-28)27-24(20(5)6)13-10-14-25(27)21(7)8;7-6-4-2-1-3-5-6;/h9-21H,1-8H3;1-5,7H;/q2*-1;+2. The van der Waals surface area contributed by atoms with E-state index in [0.717, 1.165) is 0 Å². The first-order valence-corrected chi connectivity index (χ1v) is 13.2. The number of hydrogen-bond acceptors (Lipinski definition) is 2. The van der Waals surface area contributed by atoms with Gasteiger partial charge in [0.25, 0.3) is 0 Å². The van der Waals surface area contributed by atoms with Gasteiger partial charge in [-0.2, -0.15) is 0 Å². The minimum atomic E-state index is 0. The topological polar surface area (TPSA) is 30.3 Å². The van der Waals surface area contributed by atoms with Crippen molar-refractivity contribution >= 4 is 17.1 Å². The molecule has 0 saturated heterocycles. The summed E-state index contributed by atoms with van der Waals surface area (Å²) in [5.41, 5.74) is 15.9. The van der Waals surface area contributed by atoms with E-state index in [9.17, 15) is 0 Å². The molecule has 3 aromatic carbocycles. The van der Waals surface area contributed by atoms with Crippen LogP contribution < -0.4 is 9.80 Å². The van der Waals surface area contributed by atoms with Gasteiger partial charge in [-0.05, 0) is 58.3 Å². The second-order valence-corrected chi connectivity index (χ2v) is 10.8. The van der Waals surface area contributed by atoms with Gasteiger partial charge in [-0.1, -0.05) is 122 Å². The van der Waals surface area contributed by atoms with E-state index in [2.05, 4.69) is 121 Å². The monoisotopic (exact) mass is 544 g/mol. The van der Waals surface area contributed by atoms with Gasteiger partial charge in [-0.3, -0.25) is 0 Å². The SMILES string of the molecule is CC(C)c1cccc(C(C)C)c1N1C=CN(c2c(C(C)C)cccc2C(C)C)[CH-]1.[Cu+2].[NH-]c1ccccc1. The predicted octanol–water partition coefficient (Wildman–Crippen LogP) is 10.5. The molecular weight excluding hydrogens is 502 g/mol. The van der Waals surface area contributed by atoms with Crippen molar-refractivity contribution in [1.82, 2.24) is 0 Å². The molecule has 1 aliphatic rings. The quantitative estimate of drug-likeness (QED) is 0.228. The van der Waals surface area contributed by atoms with E-state index in [0.29, 0.717) is 29.4 Å². The fourth-order valence-corrected chi connectivity index (χ4v) is 4.68. The zero-order chi connectivity index (χ0) is 26.4. The van der Waals surface area contributed by atoms with E-state index in [-0.39, 0.29) is 17.1 Å². The Labute approximate surface area is 236 Å². The Morgan fingerprint density at radius 2 is 0.838 bits per heavy atom. The van der Waals surface area contributed by atoms with Gasteiger partial charge in [0.05, 0.1) is 0 Å². The molecule has 0 fully saturated rings. The van der Waals surface area contributed by atoms with Gasteiger partial charge < -0.3 is 15.5 Å². The summed E-state index contributed by atoms with van der Waals surface area (Å²) in [6.45, 7) is 20.5. The molecule has 0 bridgehead atoms. The van der Waals surface area contributed by atoms with E-state index in [1.54, 1.807) is 12.1 Å². The molecule has 0 aromatic heterocycles. The smallest absolute Gasteiger partial charge is 0.699 e. The summed E-state index contributed by atoms with van der Waals surface area (Å²) in [4.78, 5) is 4.65. The van der Waals surface area contributed by atoms with Gasteiger partial charge in [0.1, 0.15) is 0 Å². The van der Waals surface area contributed by atoms with Crippen LogP contribution in [0, 0.1) is 6.67 Å². The third-order valence-corrected chi connectivity index (χ3v) is 6.61. The number of benzene rings is 3. The van der Waals surface area contributed by atoms with Crippen LogP contribution in [0.15, 0.2) is 79.1 Å². The van der Waals surface area contributed by atoms with Gasteiger partial charge >= 0.3 is 17.1 Å². The minimum Gasteiger partial charge on any atom is -0.699 e. The second-order valence-electron chi connectivity index (χ2n) is 10.8. The van der Waals surface area contributed by atoms with Crippen molar-refractivity contribution in [3.8, 4) is 0 Å². The van der Waals surface area contributed by atoms with Crippen molar-refractivity contribution < 1.29 is 17.1 Å². The largest absolute Gasteiger partial charge is 2.00 e. The molecule has 4 heteroatoms. The maximum absolute atomic E-state index is 7.00. The molecule has 1 heterocycles. The number of nitrogens with one attached hydrogen (secondary N) is 1. The van der Waals surface area contributed by atoms with Crippen LogP contribution in [0.3, 0.4) is 0 Å². The first-order valence-electron chi connectivity index (χ1n) is 13.2. The summed E-state index contributed by atoms with van der Waals surface area (Å²) >= 11 is 0. The Morgan fingerprint density at radius 3 is 1.08 bits per heavy atom. The Balaban J connectivity index is 0.000000520. The summed E-state index contributed by atoms with van der Waals surface area (Å²) in [7, 11) is 0. The van der Waals surface area contributed by atoms with Crippen molar-refractivity contribution in [2.45, 2.75) is 79.1 Å². The van der Waals surface area contributed by atoms with Gasteiger partial charge in [0.15, 0.2) is 0 Å². The first kappa shape index (κ1) is 30.5. The molecule has 0 spiro atoms. The third-order valence-electron chi connectivity index (χ3n) is 6.61. The van der Waals surface area contributed by atoms with Crippen LogP contribution in [0.5, 0.6) is 0 Å². The van der Waals surface area contributed by atoms with Crippen molar-refractivity contribution in [3.05, 3.63) is 114 Å². The molecule has 1 N–H and O–H groups in total. The molecule has 0 aliphatic carbocycles. The van der Waals surface area contributed by atoms with Gasteiger partial charge in [-0.15, -0.1) is 12.4 Å². The van der Waals surface area contributed by atoms with Crippen LogP contribution in [-0.4, -0.2) is 0 Å². The third kappa shape index (κ3) is 7.43. The van der Waals surface area contributed by atoms with E-state index >= 15 is 0 Å². The van der Waals surface area contributed by atoms with Crippen LogP contribution in [0.1, 0.15) is 101 Å². The molecule has 3 nitrogen and oxygen atoms in total. The first-order chi connectivity index (χ1) is 17.1. The van der Waals surface area contributed by atoms with E-state index in [1.165, 1.54) is 33.6 Å². The summed E-state index contributed by atoms with van der Waals surface area (Å²) in [5, 5.41) is 0. The number of rotatable bonds is 6. The molecule has 0 saturated carbocycles. The predicted molar refractivity (Wildman–Crippen MR) is 158 cm³/mol. The van der Waals surface area contributed by atoms with Crippen molar-refractivity contribution in [2.75, 3.05) is 9.80 Å². The average molecular weight is 545 g/mol. The molecule has 0 amide bonds. The Hall–Kier alpha value is -2.68. The van der Waals surface area contributed by atoms with Gasteiger partial charge in [0, 0.05) is 11.4 Å². The van der Waals surface area contributed by atoms with E-state index in [1.807, 2.05) is 18.2 Å². The Bertz CT molecular complexity index is 1030. The van der Waals surface area contributed by atoms with Crippen molar-refractivity contribution in [1.29, 1.82) is 0 Å². The van der Waals surface area contributed by atoms with Crippen LogP contribution in [0.2, 0.25) is 0 Å². The maximum atomic E-state index is 7.00.